The Morgan fingerprint density at radius 3 is 2.63 bits per heavy atom. The van der Waals surface area contributed by atoms with Crippen LogP contribution in [0, 0.1) is 0 Å². The zero-order chi connectivity index (χ0) is 28.4. The highest BCUT2D eigenvalue weighted by molar-refractivity contribution is 9.10. The molecule has 7 rings (SSSR count). The number of hydrogen-bond acceptors (Lipinski definition) is 6. The standard InChI is InChI=1S/C30H19BrF3N3O3S/c31-20-9-11-26-22(14-20)24-16-23(17-5-2-1-3-6-17)36-37(24)30(40-26)27(41-28(38)35-30)15-21-10-12-25(39-21)18-7-4-8-19(13-18)29(32,33)34/h1-15,24H,16H2,(H,35,38)/b27-15-. The molecule has 6 nitrogen and oxygen atoms in total. The smallest absolute Gasteiger partial charge is 0.416 e. The summed E-state index contributed by atoms with van der Waals surface area (Å²) in [4.78, 5) is 13.4. The second-order valence-corrected chi connectivity index (χ2v) is 11.6. The topological polar surface area (TPSA) is 67.1 Å². The Morgan fingerprint density at radius 1 is 1.02 bits per heavy atom. The number of nitrogens with one attached hydrogen (secondary N) is 1. The number of furan rings is 1. The molecule has 3 aliphatic rings. The lowest BCUT2D eigenvalue weighted by molar-refractivity contribution is -0.137. The first-order valence-corrected chi connectivity index (χ1v) is 14.2. The molecule has 2 atom stereocenters. The average Bonchev–Trinajstić information content (AvgIpc) is 3.68. The van der Waals surface area contributed by atoms with E-state index in [-0.39, 0.29) is 22.6 Å². The molecule has 1 aromatic heterocycles. The van der Waals surface area contributed by atoms with Crippen LogP contribution in [0.25, 0.3) is 17.4 Å². The molecule has 41 heavy (non-hydrogen) atoms. The molecule has 11 heteroatoms. The van der Waals surface area contributed by atoms with Crippen molar-refractivity contribution in [2.75, 3.05) is 0 Å². The maximum atomic E-state index is 13.3. The summed E-state index contributed by atoms with van der Waals surface area (Å²) in [5, 5.41) is 9.39. The van der Waals surface area contributed by atoms with Crippen LogP contribution in [0.4, 0.5) is 18.0 Å². The molecule has 1 N–H and O–H groups in total. The van der Waals surface area contributed by atoms with Crippen LogP contribution < -0.4 is 10.1 Å². The van der Waals surface area contributed by atoms with Gasteiger partial charge in [-0.05, 0) is 65.9 Å². The van der Waals surface area contributed by atoms with Crippen LogP contribution in [0.1, 0.15) is 34.9 Å². The van der Waals surface area contributed by atoms with Gasteiger partial charge in [-0.25, -0.2) is 5.01 Å². The van der Waals surface area contributed by atoms with Crippen molar-refractivity contribution in [3.8, 4) is 17.1 Å². The summed E-state index contributed by atoms with van der Waals surface area (Å²) in [5.74, 6) is -0.212. The number of alkyl halides is 3. The third kappa shape index (κ3) is 4.53. The van der Waals surface area contributed by atoms with Gasteiger partial charge in [0.15, 0.2) is 0 Å². The van der Waals surface area contributed by atoms with Crippen LogP contribution in [-0.4, -0.2) is 21.8 Å². The average molecular weight is 638 g/mol. The van der Waals surface area contributed by atoms with E-state index in [2.05, 4.69) is 21.2 Å². The molecule has 3 aromatic carbocycles. The Balaban J connectivity index is 1.31. The zero-order valence-corrected chi connectivity index (χ0v) is 23.4. The number of carbonyl (C=O) groups is 1. The second kappa shape index (κ2) is 9.56. The fourth-order valence-corrected chi connectivity index (χ4v) is 6.53. The van der Waals surface area contributed by atoms with E-state index in [1.807, 2.05) is 48.5 Å². The number of fused-ring (bicyclic) bond motifs is 4. The molecule has 4 heterocycles. The van der Waals surface area contributed by atoms with Crippen molar-refractivity contribution in [2.45, 2.75) is 24.5 Å². The Labute approximate surface area is 245 Å². The molecule has 3 aliphatic heterocycles. The number of hydrogen-bond donors (Lipinski definition) is 1. The Kier molecular flexibility index (Phi) is 6.05. The van der Waals surface area contributed by atoms with Crippen molar-refractivity contribution < 1.29 is 27.1 Å². The van der Waals surface area contributed by atoms with Gasteiger partial charge in [-0.15, -0.1) is 0 Å². The van der Waals surface area contributed by atoms with Gasteiger partial charge in [0.1, 0.15) is 17.3 Å². The maximum absolute atomic E-state index is 13.3. The molecule has 2 unspecified atom stereocenters. The quantitative estimate of drug-likeness (QED) is 0.244. The molecule has 0 bridgehead atoms. The van der Waals surface area contributed by atoms with E-state index in [0.717, 1.165) is 45.2 Å². The first-order chi connectivity index (χ1) is 19.7. The van der Waals surface area contributed by atoms with Gasteiger partial charge in [-0.3, -0.25) is 10.1 Å². The first-order valence-electron chi connectivity index (χ1n) is 12.6. The van der Waals surface area contributed by atoms with Crippen molar-refractivity contribution in [1.82, 2.24) is 10.3 Å². The number of hydrazone groups is 1. The van der Waals surface area contributed by atoms with Gasteiger partial charge >= 0.3 is 12.0 Å². The number of carbonyl (C=O) groups excluding carboxylic acids is 1. The van der Waals surface area contributed by atoms with Crippen LogP contribution in [0.5, 0.6) is 5.75 Å². The third-order valence-electron chi connectivity index (χ3n) is 7.11. The van der Waals surface area contributed by atoms with Gasteiger partial charge in [0.05, 0.1) is 22.2 Å². The van der Waals surface area contributed by atoms with Crippen LogP contribution in [-0.2, 0) is 6.18 Å². The number of amides is 1. The summed E-state index contributed by atoms with van der Waals surface area (Å²) >= 11 is 4.51. The van der Waals surface area contributed by atoms with Crippen molar-refractivity contribution >= 4 is 44.7 Å². The predicted octanol–water partition coefficient (Wildman–Crippen LogP) is 8.42. The largest absolute Gasteiger partial charge is 0.457 e. The van der Waals surface area contributed by atoms with Crippen LogP contribution in [0.15, 0.2) is 104 Å². The summed E-state index contributed by atoms with van der Waals surface area (Å²) in [7, 11) is 0. The Morgan fingerprint density at radius 2 is 1.83 bits per heavy atom. The highest BCUT2D eigenvalue weighted by Crippen LogP contribution is 2.53. The van der Waals surface area contributed by atoms with Crippen molar-refractivity contribution in [3.05, 3.63) is 117 Å². The lowest BCUT2D eigenvalue weighted by atomic mass is 9.96. The predicted molar refractivity (Wildman–Crippen MR) is 153 cm³/mol. The maximum Gasteiger partial charge on any atom is 0.416 e. The van der Waals surface area contributed by atoms with Gasteiger partial charge in [0.25, 0.3) is 5.24 Å². The van der Waals surface area contributed by atoms with Crippen molar-refractivity contribution in [2.24, 2.45) is 5.10 Å². The number of rotatable bonds is 3. The van der Waals surface area contributed by atoms with E-state index in [4.69, 9.17) is 14.3 Å². The van der Waals surface area contributed by atoms with Gasteiger partial charge in [0, 0.05) is 22.0 Å². The molecular weight excluding hydrogens is 619 g/mol. The summed E-state index contributed by atoms with van der Waals surface area (Å²) in [6.07, 6.45) is -2.22. The lowest BCUT2D eigenvalue weighted by Gasteiger charge is -2.45. The Bertz CT molecular complexity index is 1750. The van der Waals surface area contributed by atoms with Crippen LogP contribution in [0.3, 0.4) is 0 Å². The number of halogens is 4. The fraction of sp³-hybridized carbons (Fsp3) is 0.133. The van der Waals surface area contributed by atoms with Crippen LogP contribution in [0.2, 0.25) is 0 Å². The zero-order valence-electron chi connectivity index (χ0n) is 21.0. The van der Waals surface area contributed by atoms with Crippen molar-refractivity contribution in [1.29, 1.82) is 0 Å². The fourth-order valence-electron chi connectivity index (χ4n) is 5.26. The molecule has 1 spiro atoms. The molecule has 0 aliphatic carbocycles. The van der Waals surface area contributed by atoms with Crippen molar-refractivity contribution in [3.63, 3.8) is 0 Å². The number of benzene rings is 3. The molecule has 0 saturated carbocycles. The van der Waals surface area contributed by atoms with Crippen LogP contribution >= 0.6 is 27.7 Å². The SMILES string of the molecule is O=C1NC2(Oc3ccc(Br)cc3C3CC(c4ccccc4)=NN32)/C(=C/c2ccc(-c3cccc(C(F)(F)F)c3)o2)S1. The van der Waals surface area contributed by atoms with E-state index in [1.54, 1.807) is 29.3 Å². The molecule has 1 amide bonds. The molecule has 1 saturated heterocycles. The van der Waals surface area contributed by atoms with E-state index in [9.17, 15) is 18.0 Å². The van der Waals surface area contributed by atoms with Gasteiger partial charge in [-0.2, -0.15) is 18.3 Å². The molecule has 206 valence electrons. The van der Waals surface area contributed by atoms with Gasteiger partial charge in [-0.1, -0.05) is 58.4 Å². The van der Waals surface area contributed by atoms with E-state index in [1.165, 1.54) is 6.07 Å². The number of ether oxygens (including phenoxy) is 1. The third-order valence-corrected chi connectivity index (χ3v) is 8.51. The minimum atomic E-state index is -4.47. The van der Waals surface area contributed by atoms with E-state index < -0.39 is 17.6 Å². The number of thioether (sulfide) groups is 1. The molecule has 4 aromatic rings. The summed E-state index contributed by atoms with van der Waals surface area (Å²) in [5.41, 5.74) is 2.27. The molecule has 0 radical (unpaired) electrons. The minimum Gasteiger partial charge on any atom is -0.457 e. The monoisotopic (exact) mass is 637 g/mol. The minimum absolute atomic E-state index is 0.230. The molecule has 1 fully saturated rings. The van der Waals surface area contributed by atoms with Gasteiger partial charge < -0.3 is 9.15 Å². The summed E-state index contributed by atoms with van der Waals surface area (Å²) in [6, 6.07) is 23.5. The highest BCUT2D eigenvalue weighted by atomic mass is 79.9. The lowest BCUT2D eigenvalue weighted by Crippen LogP contribution is -2.61. The normalized spacial score (nSPS) is 22.4. The first kappa shape index (κ1) is 26.0. The van der Waals surface area contributed by atoms with E-state index in [0.29, 0.717) is 22.8 Å². The number of nitrogens with zero attached hydrogens (tertiary/aromatic N) is 2. The second-order valence-electron chi connectivity index (χ2n) is 9.71. The summed E-state index contributed by atoms with van der Waals surface area (Å²) in [6.45, 7) is 0. The highest BCUT2D eigenvalue weighted by Gasteiger charge is 2.58. The Hall–Kier alpha value is -3.96. The van der Waals surface area contributed by atoms with Gasteiger partial charge in [0.2, 0.25) is 0 Å². The summed E-state index contributed by atoms with van der Waals surface area (Å²) < 4.78 is 53.1. The molecular formula is C30H19BrF3N3O3S. The van der Waals surface area contributed by atoms with E-state index >= 15 is 0 Å².